The molecule has 0 amide bonds. The molecule has 0 aliphatic carbocycles. The van der Waals surface area contributed by atoms with Gasteiger partial charge in [-0.05, 0) is 12.3 Å². The monoisotopic (exact) mass is 221 g/mol. The summed E-state index contributed by atoms with van der Waals surface area (Å²) >= 11 is 0. The van der Waals surface area contributed by atoms with Crippen molar-refractivity contribution in [3.8, 4) is 0 Å². The Kier molecular flexibility index (Phi) is 3.92. The van der Waals surface area contributed by atoms with Crippen LogP contribution in [0.1, 0.15) is 20.3 Å². The largest absolute Gasteiger partial charge is 0.395 e. The normalized spacial score (nSPS) is 28.6. The third-order valence-corrected chi connectivity index (χ3v) is 4.98. The minimum absolute atomic E-state index is 0.0215. The summed E-state index contributed by atoms with van der Waals surface area (Å²) in [5.74, 6) is 0.422. The molecule has 14 heavy (non-hydrogen) atoms. The van der Waals surface area contributed by atoms with E-state index in [4.69, 9.17) is 5.11 Å². The molecule has 2 atom stereocenters. The minimum Gasteiger partial charge on any atom is -0.395 e. The first-order chi connectivity index (χ1) is 6.45. The van der Waals surface area contributed by atoms with Crippen molar-refractivity contribution in [2.75, 3.05) is 18.9 Å². The van der Waals surface area contributed by atoms with Crippen LogP contribution in [-0.2, 0) is 9.84 Å². The van der Waals surface area contributed by atoms with Crippen LogP contribution < -0.4 is 5.32 Å². The van der Waals surface area contributed by atoms with Crippen molar-refractivity contribution in [3.63, 3.8) is 0 Å². The molecule has 0 spiro atoms. The van der Waals surface area contributed by atoms with Gasteiger partial charge in [0.15, 0.2) is 9.84 Å². The average Bonchev–Trinajstić information content (AvgIpc) is 2.49. The first kappa shape index (κ1) is 11.9. The number of aliphatic hydroxyl groups is 1. The third-order valence-electron chi connectivity index (χ3n) is 2.48. The summed E-state index contributed by atoms with van der Waals surface area (Å²) < 4.78 is 23.6. The van der Waals surface area contributed by atoms with E-state index in [1.165, 1.54) is 0 Å². The van der Waals surface area contributed by atoms with Crippen LogP contribution in [0.15, 0.2) is 0 Å². The van der Waals surface area contributed by atoms with E-state index >= 15 is 0 Å². The van der Waals surface area contributed by atoms with Crippen LogP contribution in [0.2, 0.25) is 0 Å². The van der Waals surface area contributed by atoms with Crippen LogP contribution in [0.25, 0.3) is 0 Å². The van der Waals surface area contributed by atoms with Crippen LogP contribution in [0.5, 0.6) is 0 Å². The molecule has 2 unspecified atom stereocenters. The summed E-state index contributed by atoms with van der Waals surface area (Å²) in [6, 6.07) is -0.0399. The molecule has 1 fully saturated rings. The number of hydrogen-bond acceptors (Lipinski definition) is 4. The molecule has 4 nitrogen and oxygen atoms in total. The van der Waals surface area contributed by atoms with Crippen molar-refractivity contribution < 1.29 is 13.5 Å². The zero-order chi connectivity index (χ0) is 10.8. The lowest BCUT2D eigenvalue weighted by Gasteiger charge is -2.12. The van der Waals surface area contributed by atoms with Crippen LogP contribution in [0.4, 0.5) is 0 Å². The second-order valence-corrected chi connectivity index (χ2v) is 6.69. The van der Waals surface area contributed by atoms with E-state index in [0.717, 1.165) is 0 Å². The summed E-state index contributed by atoms with van der Waals surface area (Å²) in [4.78, 5) is 0. The summed E-state index contributed by atoms with van der Waals surface area (Å²) in [5.41, 5.74) is 0. The molecule has 0 aromatic carbocycles. The fourth-order valence-electron chi connectivity index (χ4n) is 1.80. The minimum atomic E-state index is -2.98. The molecule has 0 bridgehead atoms. The lowest BCUT2D eigenvalue weighted by Crippen LogP contribution is -2.28. The van der Waals surface area contributed by atoms with Crippen molar-refractivity contribution in [2.24, 2.45) is 5.92 Å². The van der Waals surface area contributed by atoms with Gasteiger partial charge in [-0.25, -0.2) is 8.42 Å². The smallest absolute Gasteiger partial charge is 0.154 e. The second kappa shape index (κ2) is 4.59. The highest BCUT2D eigenvalue weighted by molar-refractivity contribution is 7.92. The Labute approximate surface area is 85.6 Å². The highest BCUT2D eigenvalue weighted by Crippen LogP contribution is 2.17. The van der Waals surface area contributed by atoms with E-state index in [1.54, 1.807) is 0 Å². The third kappa shape index (κ3) is 2.93. The molecule has 0 radical (unpaired) electrons. The Balaban J connectivity index is 2.57. The van der Waals surface area contributed by atoms with Gasteiger partial charge in [-0.1, -0.05) is 13.8 Å². The van der Waals surface area contributed by atoms with Crippen LogP contribution in [0, 0.1) is 5.92 Å². The van der Waals surface area contributed by atoms with E-state index in [2.05, 4.69) is 5.32 Å². The number of sulfone groups is 1. The molecule has 2 N–H and O–H groups in total. The van der Waals surface area contributed by atoms with E-state index in [9.17, 15) is 8.42 Å². The van der Waals surface area contributed by atoms with Crippen molar-refractivity contribution in [2.45, 2.75) is 31.6 Å². The average molecular weight is 221 g/mol. The fourth-order valence-corrected chi connectivity index (χ4v) is 3.87. The maximum Gasteiger partial charge on any atom is 0.154 e. The van der Waals surface area contributed by atoms with Gasteiger partial charge in [0.05, 0.1) is 17.6 Å². The molecule has 1 saturated heterocycles. The molecule has 0 aromatic heterocycles. The van der Waals surface area contributed by atoms with Crippen LogP contribution >= 0.6 is 0 Å². The van der Waals surface area contributed by atoms with E-state index in [0.29, 0.717) is 13.0 Å². The molecule has 0 aromatic rings. The van der Waals surface area contributed by atoms with Gasteiger partial charge in [0.1, 0.15) is 0 Å². The van der Waals surface area contributed by atoms with Gasteiger partial charge in [0, 0.05) is 12.6 Å². The molecule has 1 aliphatic rings. The molecule has 1 rings (SSSR count). The van der Waals surface area contributed by atoms with Crippen LogP contribution in [-0.4, -0.2) is 43.7 Å². The molecule has 1 aliphatic heterocycles. The molecular formula is C9H19NO3S. The van der Waals surface area contributed by atoms with Crippen molar-refractivity contribution in [1.82, 2.24) is 5.32 Å². The van der Waals surface area contributed by atoms with Gasteiger partial charge in [0.2, 0.25) is 0 Å². The summed E-state index contributed by atoms with van der Waals surface area (Å²) in [5, 5.41) is 11.6. The summed E-state index contributed by atoms with van der Waals surface area (Å²) in [7, 11) is -2.98. The van der Waals surface area contributed by atoms with E-state index in [-0.39, 0.29) is 29.6 Å². The molecule has 84 valence electrons. The van der Waals surface area contributed by atoms with Gasteiger partial charge >= 0.3 is 0 Å². The highest BCUT2D eigenvalue weighted by atomic mass is 32.2. The molecule has 5 heteroatoms. The van der Waals surface area contributed by atoms with Gasteiger partial charge in [-0.15, -0.1) is 0 Å². The van der Waals surface area contributed by atoms with Crippen LogP contribution in [0.3, 0.4) is 0 Å². The van der Waals surface area contributed by atoms with E-state index < -0.39 is 9.84 Å². The topological polar surface area (TPSA) is 66.4 Å². The van der Waals surface area contributed by atoms with Gasteiger partial charge in [-0.3, -0.25) is 0 Å². The van der Waals surface area contributed by atoms with Crippen molar-refractivity contribution >= 4 is 9.84 Å². The maximum absolute atomic E-state index is 11.8. The van der Waals surface area contributed by atoms with Gasteiger partial charge in [0.25, 0.3) is 0 Å². The standard InChI is InChI=1S/C9H19NO3S/c1-7(2)6-14(12,13)9-3-8(5-11)10-4-9/h7-11H,3-6H2,1-2H3. The van der Waals surface area contributed by atoms with E-state index in [1.807, 2.05) is 13.8 Å². The number of rotatable bonds is 4. The second-order valence-electron chi connectivity index (χ2n) is 4.37. The molecule has 1 heterocycles. The SMILES string of the molecule is CC(C)CS(=O)(=O)C1CNC(CO)C1. The lowest BCUT2D eigenvalue weighted by molar-refractivity contribution is 0.255. The highest BCUT2D eigenvalue weighted by Gasteiger charge is 2.33. The predicted octanol–water partition coefficient (Wildman–Crippen LogP) is -0.220. The Morgan fingerprint density at radius 1 is 1.50 bits per heavy atom. The number of hydrogen-bond donors (Lipinski definition) is 2. The fraction of sp³-hybridized carbons (Fsp3) is 1.00. The first-order valence-electron chi connectivity index (χ1n) is 5.01. The Hall–Kier alpha value is -0.130. The van der Waals surface area contributed by atoms with Crippen molar-refractivity contribution in [3.05, 3.63) is 0 Å². The zero-order valence-electron chi connectivity index (χ0n) is 8.73. The first-order valence-corrected chi connectivity index (χ1v) is 6.73. The maximum atomic E-state index is 11.8. The summed E-state index contributed by atoms with van der Waals surface area (Å²) in [6.07, 6.45) is 0.547. The lowest BCUT2D eigenvalue weighted by atomic mass is 10.2. The Bertz CT molecular complexity index is 274. The number of nitrogens with one attached hydrogen (secondary N) is 1. The molecular weight excluding hydrogens is 202 g/mol. The zero-order valence-corrected chi connectivity index (χ0v) is 9.55. The van der Waals surface area contributed by atoms with Crippen molar-refractivity contribution in [1.29, 1.82) is 0 Å². The molecule has 0 saturated carbocycles. The Morgan fingerprint density at radius 3 is 2.57 bits per heavy atom. The van der Waals surface area contributed by atoms with Gasteiger partial charge in [-0.2, -0.15) is 0 Å². The number of aliphatic hydroxyl groups excluding tert-OH is 1. The quantitative estimate of drug-likeness (QED) is 0.689. The Morgan fingerprint density at radius 2 is 2.14 bits per heavy atom. The summed E-state index contributed by atoms with van der Waals surface area (Å²) in [6.45, 7) is 4.32. The van der Waals surface area contributed by atoms with Gasteiger partial charge < -0.3 is 10.4 Å². The predicted molar refractivity (Wildman–Crippen MR) is 55.9 cm³/mol.